The molecule has 0 bridgehead atoms. The summed E-state index contributed by atoms with van der Waals surface area (Å²) >= 11 is 0. The first-order valence-corrected chi connectivity index (χ1v) is 4.16. The van der Waals surface area contributed by atoms with Crippen molar-refractivity contribution in [1.29, 1.82) is 0 Å². The van der Waals surface area contributed by atoms with E-state index >= 15 is 0 Å². The van der Waals surface area contributed by atoms with Crippen molar-refractivity contribution < 1.29 is 36.6 Å². The largest absolute Gasteiger partial charge is 0.573 e. The molecule has 0 aliphatic carbocycles. The fourth-order valence-electron chi connectivity index (χ4n) is 1.11. The van der Waals surface area contributed by atoms with Crippen molar-refractivity contribution in [1.82, 2.24) is 4.98 Å². The molecular formula is C8H4F5NO4. The van der Waals surface area contributed by atoms with Gasteiger partial charge in [0.2, 0.25) is 0 Å². The summed E-state index contributed by atoms with van der Waals surface area (Å²) in [4.78, 5) is 23.2. The second-order valence-corrected chi connectivity index (χ2v) is 2.93. The fourth-order valence-corrected chi connectivity index (χ4v) is 1.11. The summed E-state index contributed by atoms with van der Waals surface area (Å²) in [6, 6.07) is 0. The Morgan fingerprint density at radius 3 is 2.33 bits per heavy atom. The van der Waals surface area contributed by atoms with Crippen LogP contribution in [0.2, 0.25) is 0 Å². The average Bonchev–Trinajstić information content (AvgIpc) is 2.13. The Kier molecular flexibility index (Phi) is 3.58. The maximum Gasteiger partial charge on any atom is 0.573 e. The molecule has 1 rings (SSSR count). The number of aromatic carboxylic acids is 1. The molecule has 5 nitrogen and oxygen atoms in total. The number of hydrogen-bond acceptors (Lipinski definition) is 3. The van der Waals surface area contributed by atoms with Gasteiger partial charge in [-0.2, -0.15) is 0 Å². The number of carbonyl (C=O) groups is 1. The van der Waals surface area contributed by atoms with Crippen molar-refractivity contribution in [3.8, 4) is 5.75 Å². The van der Waals surface area contributed by atoms with Crippen molar-refractivity contribution >= 4 is 5.97 Å². The van der Waals surface area contributed by atoms with E-state index in [4.69, 9.17) is 5.11 Å². The van der Waals surface area contributed by atoms with Gasteiger partial charge in [-0.15, -0.1) is 13.2 Å². The van der Waals surface area contributed by atoms with E-state index in [2.05, 4.69) is 4.74 Å². The summed E-state index contributed by atoms with van der Waals surface area (Å²) in [5.74, 6) is -3.83. The second kappa shape index (κ2) is 4.63. The molecule has 18 heavy (non-hydrogen) atoms. The molecule has 0 unspecified atom stereocenters. The number of aromatic nitrogens is 1. The maximum atomic E-state index is 12.4. The number of ether oxygens (including phenoxy) is 1. The number of carboxylic acid groups (broad SMARTS) is 1. The lowest BCUT2D eigenvalue weighted by Gasteiger charge is -2.14. The van der Waals surface area contributed by atoms with Crippen LogP contribution in [0.3, 0.4) is 0 Å². The molecule has 10 heteroatoms. The van der Waals surface area contributed by atoms with Crippen molar-refractivity contribution in [3.05, 3.63) is 27.7 Å². The van der Waals surface area contributed by atoms with Crippen LogP contribution in [0.25, 0.3) is 0 Å². The molecule has 1 aromatic rings. The summed E-state index contributed by atoms with van der Waals surface area (Å²) in [7, 11) is 0. The number of rotatable bonds is 3. The molecule has 0 saturated heterocycles. The molecule has 0 saturated carbocycles. The highest BCUT2D eigenvalue weighted by Gasteiger charge is 2.36. The normalized spacial score (nSPS) is 11.7. The van der Waals surface area contributed by atoms with Crippen LogP contribution >= 0.6 is 0 Å². The molecule has 0 atom stereocenters. The van der Waals surface area contributed by atoms with Gasteiger partial charge in [0.25, 0.3) is 12.0 Å². The van der Waals surface area contributed by atoms with E-state index in [1.54, 1.807) is 4.98 Å². The predicted octanol–water partition coefficient (Wildman–Crippen LogP) is 1.91. The smallest absolute Gasteiger partial charge is 0.477 e. The zero-order valence-corrected chi connectivity index (χ0v) is 8.22. The Morgan fingerprint density at radius 2 is 1.94 bits per heavy atom. The first-order valence-electron chi connectivity index (χ1n) is 4.16. The number of halogens is 5. The SMILES string of the molecule is O=C(O)c1c(OC(F)(F)F)c(C(F)F)c[nH]c1=O. The van der Waals surface area contributed by atoms with E-state index in [1.165, 1.54) is 0 Å². The van der Waals surface area contributed by atoms with Crippen LogP contribution in [0.15, 0.2) is 11.0 Å². The minimum Gasteiger partial charge on any atom is -0.477 e. The van der Waals surface area contributed by atoms with Crippen molar-refractivity contribution in [3.63, 3.8) is 0 Å². The summed E-state index contributed by atoms with van der Waals surface area (Å²) in [6.07, 6.45) is -8.58. The third-order valence-corrected chi connectivity index (χ3v) is 1.74. The molecule has 1 aromatic heterocycles. The van der Waals surface area contributed by atoms with Crippen molar-refractivity contribution in [2.75, 3.05) is 0 Å². The van der Waals surface area contributed by atoms with Crippen molar-refractivity contribution in [2.24, 2.45) is 0 Å². The molecule has 0 fully saturated rings. The third-order valence-electron chi connectivity index (χ3n) is 1.74. The van der Waals surface area contributed by atoms with Crippen LogP contribution in [0.5, 0.6) is 5.75 Å². The molecule has 0 aliphatic heterocycles. The van der Waals surface area contributed by atoms with Crippen LogP contribution in [-0.2, 0) is 0 Å². The summed E-state index contributed by atoms with van der Waals surface area (Å²) < 4.78 is 64.0. The van der Waals surface area contributed by atoms with Gasteiger partial charge in [-0.25, -0.2) is 13.6 Å². The van der Waals surface area contributed by atoms with Gasteiger partial charge in [0.05, 0.1) is 5.56 Å². The van der Waals surface area contributed by atoms with E-state index < -0.39 is 41.2 Å². The third kappa shape index (κ3) is 2.96. The number of aromatic amines is 1. The average molecular weight is 273 g/mol. The lowest BCUT2D eigenvalue weighted by molar-refractivity contribution is -0.275. The lowest BCUT2D eigenvalue weighted by Crippen LogP contribution is -2.25. The van der Waals surface area contributed by atoms with Gasteiger partial charge in [-0.3, -0.25) is 4.79 Å². The van der Waals surface area contributed by atoms with Crippen LogP contribution in [0.4, 0.5) is 22.0 Å². The Bertz CT molecular complexity index is 521. The zero-order chi connectivity index (χ0) is 14.1. The molecule has 100 valence electrons. The van der Waals surface area contributed by atoms with Crippen LogP contribution in [0.1, 0.15) is 22.3 Å². The molecule has 0 radical (unpaired) electrons. The zero-order valence-electron chi connectivity index (χ0n) is 8.22. The first-order chi connectivity index (χ1) is 8.13. The molecule has 0 aliphatic rings. The highest BCUT2D eigenvalue weighted by molar-refractivity contribution is 5.90. The second-order valence-electron chi connectivity index (χ2n) is 2.93. The standard InChI is InChI=1S/C8H4F5NO4/c9-5(10)2-1-14-6(15)3(7(16)17)4(2)18-8(11,12)13/h1,5H,(H,14,15)(H,16,17). The number of nitrogens with one attached hydrogen (secondary N) is 1. The summed E-state index contributed by atoms with van der Waals surface area (Å²) in [5, 5.41) is 8.54. The molecule has 0 aromatic carbocycles. The minimum absolute atomic E-state index is 0.264. The molecular weight excluding hydrogens is 269 g/mol. The molecule has 0 spiro atoms. The summed E-state index contributed by atoms with van der Waals surface area (Å²) in [6.45, 7) is 0. The fraction of sp³-hybridized carbons (Fsp3) is 0.250. The molecule has 2 N–H and O–H groups in total. The van der Waals surface area contributed by atoms with E-state index in [1.807, 2.05) is 0 Å². The highest BCUT2D eigenvalue weighted by Crippen LogP contribution is 2.33. The van der Waals surface area contributed by atoms with E-state index in [9.17, 15) is 31.5 Å². The van der Waals surface area contributed by atoms with Gasteiger partial charge in [0, 0.05) is 6.20 Å². The van der Waals surface area contributed by atoms with Gasteiger partial charge in [0.1, 0.15) is 0 Å². The lowest BCUT2D eigenvalue weighted by atomic mass is 10.1. The van der Waals surface area contributed by atoms with Gasteiger partial charge >= 0.3 is 12.3 Å². The van der Waals surface area contributed by atoms with E-state index in [0.29, 0.717) is 0 Å². The molecule has 0 amide bonds. The first kappa shape index (κ1) is 13.9. The topological polar surface area (TPSA) is 79.4 Å². The maximum absolute atomic E-state index is 12.4. The van der Waals surface area contributed by atoms with Gasteiger partial charge < -0.3 is 14.8 Å². The van der Waals surface area contributed by atoms with Gasteiger partial charge in [0.15, 0.2) is 11.3 Å². The molecule has 1 heterocycles. The number of alkyl halides is 5. The van der Waals surface area contributed by atoms with Crippen LogP contribution in [0, 0.1) is 0 Å². The van der Waals surface area contributed by atoms with Crippen LogP contribution < -0.4 is 10.3 Å². The number of pyridine rings is 1. The Balaban J connectivity index is 3.54. The Hall–Kier alpha value is -2.13. The summed E-state index contributed by atoms with van der Waals surface area (Å²) in [5.41, 5.74) is -4.39. The number of carboxylic acids is 1. The van der Waals surface area contributed by atoms with E-state index in [0.717, 1.165) is 0 Å². The predicted molar refractivity (Wildman–Crippen MR) is 45.7 cm³/mol. The Morgan fingerprint density at radius 1 is 1.39 bits per heavy atom. The monoisotopic (exact) mass is 273 g/mol. The number of H-pyrrole nitrogens is 1. The van der Waals surface area contributed by atoms with E-state index in [-0.39, 0.29) is 6.20 Å². The Labute approximate surface area is 94.8 Å². The quantitative estimate of drug-likeness (QED) is 0.824. The van der Waals surface area contributed by atoms with Crippen molar-refractivity contribution in [2.45, 2.75) is 12.8 Å². The van der Waals surface area contributed by atoms with Gasteiger partial charge in [-0.05, 0) is 0 Å². The van der Waals surface area contributed by atoms with Gasteiger partial charge in [-0.1, -0.05) is 0 Å². The minimum atomic E-state index is -5.40. The number of hydrogen-bond donors (Lipinski definition) is 2. The van der Waals surface area contributed by atoms with Crippen LogP contribution in [-0.4, -0.2) is 22.4 Å². The highest BCUT2D eigenvalue weighted by atomic mass is 19.4.